The molecule has 0 radical (unpaired) electrons. The summed E-state index contributed by atoms with van der Waals surface area (Å²) in [4.78, 5) is 6.52. The second-order valence-corrected chi connectivity index (χ2v) is 6.12. The first-order chi connectivity index (χ1) is 10.6. The maximum atomic E-state index is 13.2. The van der Waals surface area contributed by atoms with Gasteiger partial charge < -0.3 is 4.57 Å². The molecular formula is C17H21F2N3. The van der Waals surface area contributed by atoms with Gasteiger partial charge in [-0.2, -0.15) is 0 Å². The van der Waals surface area contributed by atoms with E-state index in [-0.39, 0.29) is 0 Å². The Bertz CT molecular complexity index is 610. The zero-order chi connectivity index (χ0) is 15.5. The Morgan fingerprint density at radius 3 is 2.41 bits per heavy atom. The first-order valence-electron chi connectivity index (χ1n) is 7.75. The number of aromatic nitrogens is 2. The monoisotopic (exact) mass is 305 g/mol. The fourth-order valence-corrected chi connectivity index (χ4v) is 3.16. The van der Waals surface area contributed by atoms with Crippen LogP contribution in [0.3, 0.4) is 0 Å². The molecule has 0 unspecified atom stereocenters. The number of benzene rings is 1. The molecule has 3 nitrogen and oxygen atoms in total. The Labute approximate surface area is 129 Å². The third kappa shape index (κ3) is 3.71. The lowest BCUT2D eigenvalue weighted by Crippen LogP contribution is -2.34. The zero-order valence-corrected chi connectivity index (χ0v) is 12.8. The van der Waals surface area contributed by atoms with Crippen LogP contribution in [0.4, 0.5) is 8.78 Å². The van der Waals surface area contributed by atoms with Crippen LogP contribution in [0.1, 0.15) is 24.2 Å². The highest BCUT2D eigenvalue weighted by Crippen LogP contribution is 2.21. The second kappa shape index (κ2) is 6.57. The number of aryl methyl sites for hydroxylation is 1. The molecule has 22 heavy (non-hydrogen) atoms. The summed E-state index contributed by atoms with van der Waals surface area (Å²) in [6.07, 6.45) is 6.07. The summed E-state index contributed by atoms with van der Waals surface area (Å²) >= 11 is 0. The molecule has 3 rings (SSSR count). The van der Waals surface area contributed by atoms with Crippen molar-refractivity contribution in [2.24, 2.45) is 5.92 Å². The Morgan fingerprint density at radius 2 is 1.82 bits per heavy atom. The van der Waals surface area contributed by atoms with Crippen molar-refractivity contribution in [3.05, 3.63) is 53.6 Å². The van der Waals surface area contributed by atoms with Crippen LogP contribution < -0.4 is 0 Å². The Hall–Kier alpha value is -1.75. The minimum Gasteiger partial charge on any atom is -0.335 e. The topological polar surface area (TPSA) is 21.1 Å². The fraction of sp³-hybridized carbons (Fsp3) is 0.471. The van der Waals surface area contributed by atoms with Gasteiger partial charge in [0.2, 0.25) is 0 Å². The SMILES string of the molecule is Cc1nccn1CC1CCN(Cc2cc(F)cc(F)c2)CC1. The minimum atomic E-state index is -0.500. The van der Waals surface area contributed by atoms with Crippen LogP contribution in [0.2, 0.25) is 0 Å². The van der Waals surface area contributed by atoms with Gasteiger partial charge in [0.25, 0.3) is 0 Å². The van der Waals surface area contributed by atoms with Crippen molar-refractivity contribution >= 4 is 0 Å². The van der Waals surface area contributed by atoms with Crippen LogP contribution >= 0.6 is 0 Å². The number of imidazole rings is 1. The third-order valence-corrected chi connectivity index (χ3v) is 4.41. The van der Waals surface area contributed by atoms with E-state index in [0.717, 1.165) is 44.4 Å². The molecule has 1 saturated heterocycles. The predicted molar refractivity (Wildman–Crippen MR) is 81.3 cm³/mol. The van der Waals surface area contributed by atoms with Gasteiger partial charge in [0.15, 0.2) is 0 Å². The number of halogens is 2. The van der Waals surface area contributed by atoms with Crippen molar-refractivity contribution in [2.45, 2.75) is 32.9 Å². The largest absolute Gasteiger partial charge is 0.335 e. The van der Waals surface area contributed by atoms with E-state index in [1.807, 2.05) is 19.3 Å². The van der Waals surface area contributed by atoms with Gasteiger partial charge in [-0.15, -0.1) is 0 Å². The second-order valence-electron chi connectivity index (χ2n) is 6.12. The predicted octanol–water partition coefficient (Wildman–Crippen LogP) is 3.38. The van der Waals surface area contributed by atoms with Gasteiger partial charge in [-0.3, -0.25) is 4.90 Å². The van der Waals surface area contributed by atoms with Crippen molar-refractivity contribution in [1.29, 1.82) is 0 Å². The molecule has 0 bridgehead atoms. The van der Waals surface area contributed by atoms with Crippen LogP contribution in [0.25, 0.3) is 0 Å². The van der Waals surface area contributed by atoms with Crippen molar-refractivity contribution in [2.75, 3.05) is 13.1 Å². The summed E-state index contributed by atoms with van der Waals surface area (Å²) in [5.74, 6) is 0.701. The number of piperidine rings is 1. The normalized spacial score (nSPS) is 17.0. The summed E-state index contributed by atoms with van der Waals surface area (Å²) in [6, 6.07) is 3.76. The number of rotatable bonds is 4. The molecule has 0 atom stereocenters. The van der Waals surface area contributed by atoms with Crippen LogP contribution in [-0.4, -0.2) is 27.5 Å². The van der Waals surface area contributed by atoms with Crippen LogP contribution in [0.5, 0.6) is 0 Å². The van der Waals surface area contributed by atoms with E-state index in [1.165, 1.54) is 12.1 Å². The molecule has 0 aliphatic carbocycles. The lowest BCUT2D eigenvalue weighted by atomic mass is 9.96. The lowest BCUT2D eigenvalue weighted by molar-refractivity contribution is 0.166. The summed E-state index contributed by atoms with van der Waals surface area (Å²) < 4.78 is 28.6. The van der Waals surface area contributed by atoms with E-state index >= 15 is 0 Å². The highest BCUT2D eigenvalue weighted by molar-refractivity contribution is 5.17. The Balaban J connectivity index is 1.52. The van der Waals surface area contributed by atoms with E-state index in [1.54, 1.807) is 0 Å². The van der Waals surface area contributed by atoms with Gasteiger partial charge in [-0.25, -0.2) is 13.8 Å². The number of likely N-dealkylation sites (tertiary alicyclic amines) is 1. The molecule has 1 aromatic heterocycles. The molecule has 2 heterocycles. The van der Waals surface area contributed by atoms with Crippen LogP contribution in [0.15, 0.2) is 30.6 Å². The standard InChI is InChI=1S/C17H21F2N3/c1-13-20-4-7-22(13)12-14-2-5-21(6-3-14)11-15-8-16(18)10-17(19)9-15/h4,7-10,14H,2-3,5-6,11-12H2,1H3. The average molecular weight is 305 g/mol. The van der Waals surface area contributed by atoms with Crippen LogP contribution in [0, 0.1) is 24.5 Å². The van der Waals surface area contributed by atoms with Crippen molar-refractivity contribution in [3.63, 3.8) is 0 Å². The van der Waals surface area contributed by atoms with E-state index in [9.17, 15) is 8.78 Å². The smallest absolute Gasteiger partial charge is 0.126 e. The number of hydrogen-bond donors (Lipinski definition) is 0. The first-order valence-corrected chi connectivity index (χ1v) is 7.75. The Morgan fingerprint density at radius 1 is 1.14 bits per heavy atom. The van der Waals surface area contributed by atoms with E-state index in [0.29, 0.717) is 18.0 Å². The molecule has 0 spiro atoms. The van der Waals surface area contributed by atoms with Gasteiger partial charge in [0, 0.05) is 31.5 Å². The zero-order valence-electron chi connectivity index (χ0n) is 12.8. The minimum absolute atomic E-state index is 0.500. The summed E-state index contributed by atoms with van der Waals surface area (Å²) in [6.45, 7) is 5.58. The van der Waals surface area contributed by atoms with Gasteiger partial charge in [-0.1, -0.05) is 0 Å². The maximum Gasteiger partial charge on any atom is 0.126 e. The van der Waals surface area contributed by atoms with Crippen molar-refractivity contribution < 1.29 is 8.78 Å². The summed E-state index contributed by atoms with van der Waals surface area (Å²) in [7, 11) is 0. The molecule has 1 fully saturated rings. The summed E-state index contributed by atoms with van der Waals surface area (Å²) in [5, 5.41) is 0. The molecule has 1 aliphatic rings. The van der Waals surface area contributed by atoms with Gasteiger partial charge in [-0.05, 0) is 56.5 Å². The first kappa shape index (κ1) is 15.2. The Kier molecular flexibility index (Phi) is 4.52. The molecule has 2 aromatic rings. The van der Waals surface area contributed by atoms with Crippen molar-refractivity contribution in [3.8, 4) is 0 Å². The quantitative estimate of drug-likeness (QED) is 0.863. The molecule has 1 aliphatic heterocycles. The molecule has 0 amide bonds. The van der Waals surface area contributed by atoms with Gasteiger partial charge in [0.05, 0.1) is 0 Å². The molecular weight excluding hydrogens is 284 g/mol. The molecule has 0 N–H and O–H groups in total. The van der Waals surface area contributed by atoms with Gasteiger partial charge >= 0.3 is 0 Å². The molecule has 1 aromatic carbocycles. The van der Waals surface area contributed by atoms with Gasteiger partial charge in [0.1, 0.15) is 17.5 Å². The van der Waals surface area contributed by atoms with Crippen molar-refractivity contribution in [1.82, 2.24) is 14.5 Å². The molecule has 5 heteroatoms. The highest BCUT2D eigenvalue weighted by atomic mass is 19.1. The number of nitrogens with zero attached hydrogens (tertiary/aromatic N) is 3. The number of hydrogen-bond acceptors (Lipinski definition) is 2. The fourth-order valence-electron chi connectivity index (χ4n) is 3.16. The highest BCUT2D eigenvalue weighted by Gasteiger charge is 2.20. The third-order valence-electron chi connectivity index (χ3n) is 4.41. The average Bonchev–Trinajstić information content (AvgIpc) is 2.85. The lowest BCUT2D eigenvalue weighted by Gasteiger charge is -2.32. The maximum absolute atomic E-state index is 13.2. The van der Waals surface area contributed by atoms with E-state index < -0.39 is 11.6 Å². The molecule has 118 valence electrons. The van der Waals surface area contributed by atoms with E-state index in [4.69, 9.17) is 0 Å². The summed E-state index contributed by atoms with van der Waals surface area (Å²) in [5.41, 5.74) is 0.710. The van der Waals surface area contributed by atoms with Crippen LogP contribution in [-0.2, 0) is 13.1 Å². The molecule has 0 saturated carbocycles. The van der Waals surface area contributed by atoms with E-state index in [2.05, 4.69) is 14.5 Å².